The van der Waals surface area contributed by atoms with Crippen molar-refractivity contribution >= 4 is 17.5 Å². The summed E-state index contributed by atoms with van der Waals surface area (Å²) in [6, 6.07) is 17.6. The fraction of sp³-hybridized carbons (Fsp3) is 0.407. The van der Waals surface area contributed by atoms with E-state index in [0.717, 1.165) is 45.0 Å². The van der Waals surface area contributed by atoms with Crippen molar-refractivity contribution in [3.63, 3.8) is 0 Å². The van der Waals surface area contributed by atoms with Crippen LogP contribution < -0.4 is 15.5 Å². The smallest absolute Gasteiger partial charge is 0.131 e. The van der Waals surface area contributed by atoms with Crippen molar-refractivity contribution in [3.05, 3.63) is 77.5 Å². The van der Waals surface area contributed by atoms with Crippen LogP contribution in [0.2, 0.25) is 0 Å². The number of benzene rings is 2. The lowest BCUT2D eigenvalue weighted by Crippen LogP contribution is -2.46. The van der Waals surface area contributed by atoms with Crippen molar-refractivity contribution in [1.82, 2.24) is 15.5 Å². The van der Waals surface area contributed by atoms with Crippen LogP contribution in [0.5, 0.6) is 0 Å². The molecule has 2 N–H and O–H groups in total. The third-order valence-electron chi connectivity index (χ3n) is 6.47. The number of hydrogen-bond acceptors (Lipinski definition) is 5. The zero-order valence-electron chi connectivity index (χ0n) is 19.6. The molecule has 2 aromatic carbocycles. The summed E-state index contributed by atoms with van der Waals surface area (Å²) in [5.74, 6) is 0. The van der Waals surface area contributed by atoms with Crippen LogP contribution in [0.3, 0.4) is 0 Å². The molecule has 32 heavy (non-hydrogen) atoms. The number of hydrogen-bond donors (Lipinski definition) is 2. The Kier molecular flexibility index (Phi) is 7.18. The molecule has 1 saturated heterocycles. The molecule has 2 aliphatic rings. The van der Waals surface area contributed by atoms with Crippen molar-refractivity contribution < 1.29 is 4.74 Å². The Morgan fingerprint density at radius 3 is 2.34 bits per heavy atom. The van der Waals surface area contributed by atoms with Gasteiger partial charge >= 0.3 is 0 Å². The van der Waals surface area contributed by atoms with Crippen LogP contribution in [0, 0.1) is 0 Å². The average Bonchev–Trinajstić information content (AvgIpc) is 3.26. The summed E-state index contributed by atoms with van der Waals surface area (Å²) in [6.07, 6.45) is 6.24. The second-order valence-electron chi connectivity index (χ2n) is 8.60. The molecule has 1 atom stereocenters. The SMILES string of the molecule is CCOC/C=C/c1ccc(C2(C)NC=C(c3ccc(N4CCN(CC)CC4)cc3)N2)cc1. The normalized spacial score (nSPS) is 21.5. The zero-order valence-corrected chi connectivity index (χ0v) is 19.6. The van der Waals surface area contributed by atoms with Gasteiger partial charge in [-0.25, -0.2) is 0 Å². The zero-order chi connectivity index (χ0) is 22.4. The third-order valence-corrected chi connectivity index (χ3v) is 6.47. The van der Waals surface area contributed by atoms with Gasteiger partial charge in [0.05, 0.1) is 12.3 Å². The monoisotopic (exact) mass is 432 g/mol. The molecule has 5 nitrogen and oxygen atoms in total. The van der Waals surface area contributed by atoms with E-state index in [2.05, 4.69) is 101 Å². The topological polar surface area (TPSA) is 39.8 Å². The Morgan fingerprint density at radius 1 is 0.969 bits per heavy atom. The van der Waals surface area contributed by atoms with Gasteiger partial charge in [0.2, 0.25) is 0 Å². The van der Waals surface area contributed by atoms with Gasteiger partial charge in [-0.2, -0.15) is 0 Å². The Bertz CT molecular complexity index is 927. The maximum atomic E-state index is 5.36. The molecule has 4 rings (SSSR count). The maximum absolute atomic E-state index is 5.36. The van der Waals surface area contributed by atoms with Crippen LogP contribution in [0.25, 0.3) is 11.8 Å². The molecule has 5 heteroatoms. The van der Waals surface area contributed by atoms with Crippen molar-refractivity contribution in [2.75, 3.05) is 50.8 Å². The Balaban J connectivity index is 1.36. The van der Waals surface area contributed by atoms with E-state index in [-0.39, 0.29) is 5.66 Å². The summed E-state index contributed by atoms with van der Waals surface area (Å²) in [5, 5.41) is 7.22. The second-order valence-corrected chi connectivity index (χ2v) is 8.60. The number of ether oxygens (including phenoxy) is 1. The van der Waals surface area contributed by atoms with Crippen LogP contribution >= 0.6 is 0 Å². The summed E-state index contributed by atoms with van der Waals surface area (Å²) in [4.78, 5) is 4.99. The molecule has 0 amide bonds. The first-order valence-corrected chi connectivity index (χ1v) is 11.8. The van der Waals surface area contributed by atoms with Gasteiger partial charge in [0.15, 0.2) is 0 Å². The summed E-state index contributed by atoms with van der Waals surface area (Å²) in [7, 11) is 0. The van der Waals surface area contributed by atoms with Crippen LogP contribution in [0.4, 0.5) is 5.69 Å². The number of rotatable bonds is 8. The molecule has 1 unspecified atom stereocenters. The Morgan fingerprint density at radius 2 is 1.69 bits per heavy atom. The maximum Gasteiger partial charge on any atom is 0.131 e. The highest BCUT2D eigenvalue weighted by molar-refractivity contribution is 5.69. The van der Waals surface area contributed by atoms with E-state index in [0.29, 0.717) is 6.61 Å². The quantitative estimate of drug-likeness (QED) is 0.611. The molecular weight excluding hydrogens is 396 g/mol. The molecular formula is C27H36N4O. The van der Waals surface area contributed by atoms with Gasteiger partial charge in [-0.05, 0) is 49.2 Å². The van der Waals surface area contributed by atoms with E-state index in [1.807, 2.05) is 6.92 Å². The number of nitrogens with one attached hydrogen (secondary N) is 2. The highest BCUT2D eigenvalue weighted by Gasteiger charge is 2.30. The predicted octanol–water partition coefficient (Wildman–Crippen LogP) is 4.24. The van der Waals surface area contributed by atoms with Crippen molar-refractivity contribution in [3.8, 4) is 0 Å². The Hall–Kier alpha value is -2.76. The van der Waals surface area contributed by atoms with Gasteiger partial charge in [0, 0.05) is 44.7 Å². The molecule has 2 aliphatic heterocycles. The van der Waals surface area contributed by atoms with Crippen LogP contribution in [-0.4, -0.2) is 50.8 Å². The summed E-state index contributed by atoms with van der Waals surface area (Å²) < 4.78 is 5.36. The van der Waals surface area contributed by atoms with E-state index < -0.39 is 0 Å². The standard InChI is InChI=1S/C27H36N4O/c1-4-30-16-18-31(19-17-30)25-14-10-23(11-15-25)26-21-28-27(3,29-26)24-12-8-22(9-13-24)7-6-20-32-5-2/h6-15,21,28-29H,4-5,16-20H2,1-3H3/b7-6+. The molecule has 1 fully saturated rings. The molecule has 2 heterocycles. The lowest BCUT2D eigenvalue weighted by molar-refractivity contribution is 0.178. The fourth-order valence-corrected chi connectivity index (χ4v) is 4.34. The molecule has 0 aliphatic carbocycles. The largest absolute Gasteiger partial charge is 0.378 e. The minimum atomic E-state index is -0.321. The first-order chi connectivity index (χ1) is 15.6. The van der Waals surface area contributed by atoms with E-state index in [9.17, 15) is 0 Å². The second kappa shape index (κ2) is 10.2. The van der Waals surface area contributed by atoms with Crippen LogP contribution in [-0.2, 0) is 10.4 Å². The lowest BCUT2D eigenvalue weighted by Gasteiger charge is -2.35. The molecule has 0 aromatic heterocycles. The molecule has 170 valence electrons. The van der Waals surface area contributed by atoms with Crippen molar-refractivity contribution in [2.45, 2.75) is 26.4 Å². The first-order valence-electron chi connectivity index (χ1n) is 11.8. The first kappa shape index (κ1) is 22.4. The molecule has 0 saturated carbocycles. The molecule has 0 spiro atoms. The highest BCUT2D eigenvalue weighted by Crippen LogP contribution is 2.29. The average molecular weight is 433 g/mol. The van der Waals surface area contributed by atoms with Crippen molar-refractivity contribution in [1.29, 1.82) is 0 Å². The Labute approximate surface area is 192 Å². The van der Waals surface area contributed by atoms with Crippen LogP contribution in [0.1, 0.15) is 37.5 Å². The van der Waals surface area contributed by atoms with E-state index >= 15 is 0 Å². The summed E-state index contributed by atoms with van der Waals surface area (Å²) in [5.41, 5.74) is 5.70. The van der Waals surface area contributed by atoms with Gasteiger partial charge in [0.25, 0.3) is 0 Å². The van der Waals surface area contributed by atoms with Crippen LogP contribution in [0.15, 0.2) is 60.8 Å². The number of nitrogens with zero attached hydrogens (tertiary/aromatic N) is 2. The van der Waals surface area contributed by atoms with E-state index in [1.54, 1.807) is 0 Å². The molecule has 0 bridgehead atoms. The van der Waals surface area contributed by atoms with E-state index in [1.165, 1.54) is 22.4 Å². The van der Waals surface area contributed by atoms with Gasteiger partial charge in [0.1, 0.15) is 5.66 Å². The fourth-order valence-electron chi connectivity index (χ4n) is 4.34. The van der Waals surface area contributed by atoms with E-state index in [4.69, 9.17) is 4.74 Å². The highest BCUT2D eigenvalue weighted by atomic mass is 16.5. The van der Waals surface area contributed by atoms with Gasteiger partial charge in [-0.3, -0.25) is 0 Å². The van der Waals surface area contributed by atoms with Gasteiger partial charge in [-0.15, -0.1) is 0 Å². The minimum Gasteiger partial charge on any atom is -0.378 e. The van der Waals surface area contributed by atoms with Crippen molar-refractivity contribution in [2.24, 2.45) is 0 Å². The predicted molar refractivity (Wildman–Crippen MR) is 134 cm³/mol. The summed E-state index contributed by atoms with van der Waals surface area (Å²) >= 11 is 0. The number of anilines is 1. The third kappa shape index (κ3) is 5.17. The number of likely N-dealkylation sites (N-methyl/N-ethyl adjacent to an activating group) is 1. The minimum absolute atomic E-state index is 0.321. The number of piperazine rings is 1. The van der Waals surface area contributed by atoms with Gasteiger partial charge < -0.3 is 25.2 Å². The lowest BCUT2D eigenvalue weighted by atomic mass is 10.00. The van der Waals surface area contributed by atoms with Gasteiger partial charge in [-0.1, -0.05) is 55.5 Å². The molecule has 0 radical (unpaired) electrons. The summed E-state index contributed by atoms with van der Waals surface area (Å²) in [6.45, 7) is 13.5. The molecule has 2 aromatic rings.